The standard InChI is InChI=1S/C16H21N3O5S/c1-16(2)11(15(23)24)19-13(25-16)10(14(21)22)18-12(20)9(17)8-6-4-3-5-7-8/h3-7,9-11,13,19H,17H2,1-2H3,(H,18,20)(H,21,22)(H,23,24)/t9-,10+,11+,13+/m1/s1. The monoisotopic (exact) mass is 367 g/mol. The van der Waals surface area contributed by atoms with Crippen LogP contribution in [0.3, 0.4) is 0 Å². The Morgan fingerprint density at radius 3 is 2.32 bits per heavy atom. The van der Waals surface area contributed by atoms with Gasteiger partial charge in [-0.05, 0) is 19.4 Å². The molecule has 0 unspecified atom stereocenters. The summed E-state index contributed by atoms with van der Waals surface area (Å²) in [5, 5.41) is 23.1. The van der Waals surface area contributed by atoms with Crippen LogP contribution in [0, 0.1) is 0 Å². The molecule has 2 rings (SSSR count). The molecule has 0 aliphatic carbocycles. The number of nitrogens with one attached hydrogen (secondary N) is 2. The smallest absolute Gasteiger partial charge is 0.328 e. The van der Waals surface area contributed by atoms with Crippen molar-refractivity contribution in [2.75, 3.05) is 0 Å². The van der Waals surface area contributed by atoms with Crippen LogP contribution in [0.1, 0.15) is 25.5 Å². The molecule has 1 aromatic rings. The summed E-state index contributed by atoms with van der Waals surface area (Å²) in [5.74, 6) is -2.98. The Morgan fingerprint density at radius 1 is 1.24 bits per heavy atom. The van der Waals surface area contributed by atoms with Crippen molar-refractivity contribution in [3.8, 4) is 0 Å². The van der Waals surface area contributed by atoms with Gasteiger partial charge in [-0.2, -0.15) is 0 Å². The van der Waals surface area contributed by atoms with Crippen LogP contribution < -0.4 is 16.4 Å². The number of amides is 1. The quantitative estimate of drug-likeness (QED) is 0.478. The minimum atomic E-state index is -1.31. The summed E-state index contributed by atoms with van der Waals surface area (Å²) in [6, 6.07) is 5.33. The van der Waals surface area contributed by atoms with Crippen molar-refractivity contribution in [3.05, 3.63) is 35.9 Å². The minimum absolute atomic E-state index is 0.555. The summed E-state index contributed by atoms with van der Waals surface area (Å²) in [6.07, 6.45) is 0. The molecule has 8 nitrogen and oxygen atoms in total. The summed E-state index contributed by atoms with van der Waals surface area (Å²) >= 11 is 1.16. The SMILES string of the molecule is CC1(C)S[C@@H]([C@H](NC(=O)[C@H](N)c2ccccc2)C(=O)O)N[C@H]1C(=O)O. The third kappa shape index (κ3) is 4.30. The normalized spacial score (nSPS) is 24.3. The van der Waals surface area contributed by atoms with E-state index in [1.165, 1.54) is 0 Å². The highest BCUT2D eigenvalue weighted by Gasteiger charge is 2.49. The van der Waals surface area contributed by atoms with Crippen LogP contribution in [-0.4, -0.2) is 50.3 Å². The molecule has 0 aromatic heterocycles. The zero-order valence-electron chi connectivity index (χ0n) is 13.8. The second-order valence-corrected chi connectivity index (χ2v) is 8.09. The lowest BCUT2D eigenvalue weighted by Gasteiger charge is -2.23. The van der Waals surface area contributed by atoms with Crippen molar-refractivity contribution in [2.24, 2.45) is 5.73 Å². The van der Waals surface area contributed by atoms with Crippen molar-refractivity contribution in [3.63, 3.8) is 0 Å². The first kappa shape index (κ1) is 19.2. The van der Waals surface area contributed by atoms with E-state index in [0.717, 1.165) is 11.8 Å². The van der Waals surface area contributed by atoms with E-state index >= 15 is 0 Å². The van der Waals surface area contributed by atoms with E-state index in [1.807, 2.05) is 0 Å². The third-order valence-corrected chi connectivity index (χ3v) is 5.52. The molecule has 1 aromatic carbocycles. The Hall–Kier alpha value is -2.10. The van der Waals surface area contributed by atoms with Gasteiger partial charge in [-0.1, -0.05) is 30.3 Å². The van der Waals surface area contributed by atoms with Gasteiger partial charge in [-0.25, -0.2) is 4.79 Å². The number of nitrogens with two attached hydrogens (primary N) is 1. The van der Waals surface area contributed by atoms with Gasteiger partial charge in [0.15, 0.2) is 6.04 Å². The molecule has 6 N–H and O–H groups in total. The number of benzene rings is 1. The topological polar surface area (TPSA) is 142 Å². The zero-order chi connectivity index (χ0) is 18.8. The van der Waals surface area contributed by atoms with Gasteiger partial charge < -0.3 is 21.3 Å². The summed E-state index contributed by atoms with van der Waals surface area (Å²) in [7, 11) is 0. The lowest BCUT2D eigenvalue weighted by Crippen LogP contribution is -2.55. The van der Waals surface area contributed by atoms with E-state index in [1.54, 1.807) is 44.2 Å². The zero-order valence-corrected chi connectivity index (χ0v) is 14.6. The molecule has 9 heteroatoms. The van der Waals surface area contributed by atoms with Crippen LogP contribution in [0.25, 0.3) is 0 Å². The highest BCUT2D eigenvalue weighted by atomic mass is 32.2. The maximum atomic E-state index is 12.3. The molecule has 1 amide bonds. The van der Waals surface area contributed by atoms with E-state index in [9.17, 15) is 24.6 Å². The van der Waals surface area contributed by atoms with Crippen LogP contribution in [0.2, 0.25) is 0 Å². The second-order valence-electron chi connectivity index (χ2n) is 6.29. The van der Waals surface area contributed by atoms with Crippen molar-refractivity contribution >= 4 is 29.6 Å². The Morgan fingerprint density at radius 2 is 1.84 bits per heavy atom. The van der Waals surface area contributed by atoms with Crippen LogP contribution in [-0.2, 0) is 14.4 Å². The molecular formula is C16H21N3O5S. The molecule has 1 heterocycles. The molecule has 0 bridgehead atoms. The number of carboxylic acids is 2. The van der Waals surface area contributed by atoms with Crippen molar-refractivity contribution in [1.82, 2.24) is 10.6 Å². The first-order valence-electron chi connectivity index (χ1n) is 7.64. The average Bonchev–Trinajstić information content (AvgIpc) is 2.87. The molecule has 1 fully saturated rings. The maximum absolute atomic E-state index is 12.3. The van der Waals surface area contributed by atoms with Crippen molar-refractivity contribution in [1.29, 1.82) is 0 Å². The summed E-state index contributed by atoms with van der Waals surface area (Å²) < 4.78 is -0.726. The molecular weight excluding hydrogens is 346 g/mol. The number of carboxylic acid groups (broad SMARTS) is 2. The van der Waals surface area contributed by atoms with E-state index in [2.05, 4.69) is 10.6 Å². The molecule has 0 radical (unpaired) electrons. The van der Waals surface area contributed by atoms with Crippen LogP contribution in [0.5, 0.6) is 0 Å². The lowest BCUT2D eigenvalue weighted by atomic mass is 10.0. The molecule has 0 saturated carbocycles. The number of carbonyl (C=O) groups excluding carboxylic acids is 1. The largest absolute Gasteiger partial charge is 0.480 e. The lowest BCUT2D eigenvalue weighted by molar-refractivity contribution is -0.143. The minimum Gasteiger partial charge on any atom is -0.480 e. The van der Waals surface area contributed by atoms with Crippen LogP contribution in [0.15, 0.2) is 30.3 Å². The fraction of sp³-hybridized carbons (Fsp3) is 0.438. The number of thioether (sulfide) groups is 1. The van der Waals surface area contributed by atoms with Gasteiger partial charge in [0.25, 0.3) is 0 Å². The Balaban J connectivity index is 2.13. The van der Waals surface area contributed by atoms with Crippen molar-refractivity contribution < 1.29 is 24.6 Å². The van der Waals surface area contributed by atoms with Gasteiger partial charge in [0.1, 0.15) is 12.1 Å². The van der Waals surface area contributed by atoms with E-state index in [0.29, 0.717) is 5.56 Å². The van der Waals surface area contributed by atoms with E-state index in [4.69, 9.17) is 5.73 Å². The van der Waals surface area contributed by atoms with E-state index in [-0.39, 0.29) is 0 Å². The average molecular weight is 367 g/mol. The third-order valence-electron chi connectivity index (χ3n) is 4.01. The Bertz CT molecular complexity index is 667. The van der Waals surface area contributed by atoms with Crippen molar-refractivity contribution in [2.45, 2.75) is 42.1 Å². The fourth-order valence-electron chi connectivity index (χ4n) is 2.65. The Kier molecular flexibility index (Phi) is 5.71. The number of hydrogen-bond donors (Lipinski definition) is 5. The molecule has 25 heavy (non-hydrogen) atoms. The summed E-state index contributed by atoms with van der Waals surface area (Å²) in [6.45, 7) is 3.42. The molecule has 136 valence electrons. The van der Waals surface area contributed by atoms with Gasteiger partial charge >= 0.3 is 11.9 Å². The predicted molar refractivity (Wildman–Crippen MR) is 93.0 cm³/mol. The predicted octanol–water partition coefficient (Wildman–Crippen LogP) is 0.150. The summed E-state index contributed by atoms with van der Waals surface area (Å²) in [4.78, 5) is 35.3. The van der Waals surface area contributed by atoms with Gasteiger partial charge in [0.05, 0.1) is 5.37 Å². The van der Waals surface area contributed by atoms with Gasteiger partial charge in [0.2, 0.25) is 5.91 Å². The van der Waals surface area contributed by atoms with E-state index < -0.39 is 46.1 Å². The fourth-order valence-corrected chi connectivity index (χ4v) is 4.13. The van der Waals surface area contributed by atoms with Gasteiger partial charge in [-0.15, -0.1) is 11.8 Å². The molecule has 4 atom stereocenters. The van der Waals surface area contributed by atoms with Crippen LogP contribution in [0.4, 0.5) is 0 Å². The van der Waals surface area contributed by atoms with Gasteiger partial charge in [-0.3, -0.25) is 14.9 Å². The maximum Gasteiger partial charge on any atom is 0.328 e. The number of carbonyl (C=O) groups is 3. The number of rotatable bonds is 6. The highest BCUT2D eigenvalue weighted by molar-refractivity contribution is 8.01. The second kappa shape index (κ2) is 7.42. The highest BCUT2D eigenvalue weighted by Crippen LogP contribution is 2.39. The first-order chi connectivity index (χ1) is 11.6. The number of aliphatic carboxylic acids is 2. The molecule has 1 saturated heterocycles. The van der Waals surface area contributed by atoms with Gasteiger partial charge in [0, 0.05) is 4.75 Å². The number of hydrogen-bond acceptors (Lipinski definition) is 6. The first-order valence-corrected chi connectivity index (χ1v) is 8.52. The molecule has 0 spiro atoms. The molecule has 1 aliphatic heterocycles. The Labute approximate surface area is 149 Å². The van der Waals surface area contributed by atoms with Crippen LogP contribution >= 0.6 is 11.8 Å². The summed E-state index contributed by atoms with van der Waals surface area (Å²) in [5.41, 5.74) is 6.44. The molecule has 1 aliphatic rings.